The zero-order valence-corrected chi connectivity index (χ0v) is 13.3. The number of alkyl halides is 2. The summed E-state index contributed by atoms with van der Waals surface area (Å²) in [4.78, 5) is 22.7. The fraction of sp³-hybridized carbons (Fsp3) is 0.200. The summed E-state index contributed by atoms with van der Waals surface area (Å²) in [5, 5.41) is 2.31. The fourth-order valence-corrected chi connectivity index (χ4v) is 1.77. The number of halogens is 3. The normalized spacial score (nSPS) is 10.4. The second kappa shape index (κ2) is 9.58. The molecule has 0 aromatic heterocycles. The number of hydrogen-bond acceptors (Lipinski definition) is 4. The highest BCUT2D eigenvalue weighted by atomic mass is 79.9. The van der Waals surface area contributed by atoms with E-state index in [-0.39, 0.29) is 17.9 Å². The molecule has 0 aliphatic rings. The number of carbonyl (C=O) groups excluding carboxylic acids is 2. The molecule has 122 valence electrons. The lowest BCUT2D eigenvalue weighted by Crippen LogP contribution is -2.28. The van der Waals surface area contributed by atoms with Gasteiger partial charge < -0.3 is 14.8 Å². The lowest BCUT2D eigenvalue weighted by Gasteiger charge is -2.08. The topological polar surface area (TPSA) is 64.6 Å². The number of carbonyl (C=O) groups is 2. The summed E-state index contributed by atoms with van der Waals surface area (Å²) >= 11 is 3.18. The standard InChI is InChI=1S/C15H12BrF2NO4/c1-2-7-19-13(20)9-22-14(21)6-3-10-8-11(16)4-5-12(10)23-15(17)18/h1,3-6,8,15H,7,9H2,(H,19,20)/b6-3+. The Kier molecular flexibility index (Phi) is 7.77. The van der Waals surface area contributed by atoms with Crippen LogP contribution >= 0.6 is 15.9 Å². The third-order valence-corrected chi connectivity index (χ3v) is 2.81. The van der Waals surface area contributed by atoms with Crippen LogP contribution in [-0.4, -0.2) is 31.6 Å². The van der Waals surface area contributed by atoms with Gasteiger partial charge in [-0.2, -0.15) is 8.78 Å². The smallest absolute Gasteiger partial charge is 0.387 e. The molecule has 1 aromatic carbocycles. The van der Waals surface area contributed by atoms with Crippen LogP contribution in [0.3, 0.4) is 0 Å². The summed E-state index contributed by atoms with van der Waals surface area (Å²) in [5.41, 5.74) is 0.244. The average Bonchev–Trinajstić information content (AvgIpc) is 2.50. The largest absolute Gasteiger partial charge is 0.452 e. The molecule has 0 aliphatic heterocycles. The van der Waals surface area contributed by atoms with Crippen LogP contribution in [0.1, 0.15) is 5.56 Å². The predicted octanol–water partition coefficient (Wildman–Crippen LogP) is 2.36. The van der Waals surface area contributed by atoms with E-state index >= 15 is 0 Å². The number of benzene rings is 1. The quantitative estimate of drug-likeness (QED) is 0.443. The molecule has 8 heteroatoms. The van der Waals surface area contributed by atoms with Gasteiger partial charge in [-0.05, 0) is 24.3 Å². The summed E-state index contributed by atoms with van der Waals surface area (Å²) in [6.07, 6.45) is 7.19. The SMILES string of the molecule is C#CCNC(=O)COC(=O)/C=C/c1cc(Br)ccc1OC(F)F. The van der Waals surface area contributed by atoms with E-state index in [1.54, 1.807) is 0 Å². The Labute approximate surface area is 139 Å². The molecule has 0 unspecified atom stereocenters. The van der Waals surface area contributed by atoms with Crippen molar-refractivity contribution < 1.29 is 27.8 Å². The highest BCUT2D eigenvalue weighted by Crippen LogP contribution is 2.25. The maximum Gasteiger partial charge on any atom is 0.387 e. The van der Waals surface area contributed by atoms with Crippen molar-refractivity contribution >= 4 is 33.9 Å². The lowest BCUT2D eigenvalue weighted by atomic mass is 10.2. The molecule has 0 saturated heterocycles. The molecule has 1 N–H and O–H groups in total. The Bertz CT molecular complexity index is 641. The Morgan fingerprint density at radius 3 is 2.83 bits per heavy atom. The van der Waals surface area contributed by atoms with Crippen LogP contribution in [0.4, 0.5) is 8.78 Å². The average molecular weight is 388 g/mol. The predicted molar refractivity (Wildman–Crippen MR) is 82.6 cm³/mol. The van der Waals surface area contributed by atoms with Gasteiger partial charge in [0, 0.05) is 16.1 Å². The molecular formula is C15H12BrF2NO4. The van der Waals surface area contributed by atoms with Crippen LogP contribution in [0.25, 0.3) is 6.08 Å². The van der Waals surface area contributed by atoms with Crippen molar-refractivity contribution in [3.63, 3.8) is 0 Å². The Morgan fingerprint density at radius 1 is 1.43 bits per heavy atom. The second-order valence-corrected chi connectivity index (χ2v) is 4.90. The number of rotatable bonds is 7. The van der Waals surface area contributed by atoms with Gasteiger partial charge in [-0.25, -0.2) is 4.79 Å². The Hall–Kier alpha value is -2.40. The third kappa shape index (κ3) is 7.42. The summed E-state index contributed by atoms with van der Waals surface area (Å²) in [5.74, 6) is 0.733. The van der Waals surface area contributed by atoms with E-state index in [0.29, 0.717) is 4.47 Å². The first-order chi connectivity index (χ1) is 10.9. The molecule has 0 saturated carbocycles. The molecule has 23 heavy (non-hydrogen) atoms. The first-order valence-corrected chi connectivity index (χ1v) is 7.01. The number of hydrogen-bond donors (Lipinski definition) is 1. The van der Waals surface area contributed by atoms with E-state index in [2.05, 4.69) is 36.6 Å². The molecule has 0 radical (unpaired) electrons. The first kappa shape index (κ1) is 18.6. The summed E-state index contributed by atoms with van der Waals surface area (Å²) in [7, 11) is 0. The molecule has 0 spiro atoms. The fourth-order valence-electron chi connectivity index (χ4n) is 1.40. The van der Waals surface area contributed by atoms with Crippen molar-refractivity contribution in [2.24, 2.45) is 0 Å². The van der Waals surface area contributed by atoms with Gasteiger partial charge in [0.2, 0.25) is 0 Å². The number of terminal acetylenes is 1. The molecule has 0 aliphatic carbocycles. The Balaban J connectivity index is 2.65. The number of ether oxygens (including phenoxy) is 2. The van der Waals surface area contributed by atoms with E-state index in [1.807, 2.05) is 0 Å². The molecule has 1 rings (SSSR count). The van der Waals surface area contributed by atoms with Gasteiger partial charge in [0.15, 0.2) is 6.61 Å². The van der Waals surface area contributed by atoms with E-state index < -0.39 is 25.1 Å². The molecule has 0 bridgehead atoms. The van der Waals surface area contributed by atoms with Gasteiger partial charge in [0.05, 0.1) is 6.54 Å². The van der Waals surface area contributed by atoms with Crippen LogP contribution in [0.5, 0.6) is 5.75 Å². The second-order valence-electron chi connectivity index (χ2n) is 3.98. The van der Waals surface area contributed by atoms with Crippen molar-refractivity contribution in [3.05, 3.63) is 34.3 Å². The van der Waals surface area contributed by atoms with Gasteiger partial charge in [-0.1, -0.05) is 21.9 Å². The van der Waals surface area contributed by atoms with Crippen molar-refractivity contribution in [1.82, 2.24) is 5.32 Å². The monoisotopic (exact) mass is 387 g/mol. The highest BCUT2D eigenvalue weighted by Gasteiger charge is 2.09. The minimum atomic E-state index is -2.99. The summed E-state index contributed by atoms with van der Waals surface area (Å²) in [6.45, 7) is -3.46. The number of amides is 1. The number of nitrogens with one attached hydrogen (secondary N) is 1. The van der Waals surface area contributed by atoms with Crippen LogP contribution < -0.4 is 10.1 Å². The molecule has 0 heterocycles. The summed E-state index contributed by atoms with van der Waals surface area (Å²) < 4.78 is 34.2. The van der Waals surface area contributed by atoms with Crippen molar-refractivity contribution in [3.8, 4) is 18.1 Å². The number of esters is 1. The summed E-state index contributed by atoms with van der Waals surface area (Å²) in [6, 6.07) is 4.33. The minimum Gasteiger partial charge on any atom is -0.452 e. The minimum absolute atomic E-state index is 0.0264. The van der Waals surface area contributed by atoms with Crippen LogP contribution in [0, 0.1) is 12.3 Å². The van der Waals surface area contributed by atoms with E-state index in [9.17, 15) is 18.4 Å². The van der Waals surface area contributed by atoms with E-state index in [1.165, 1.54) is 24.3 Å². The molecule has 0 fully saturated rings. The third-order valence-electron chi connectivity index (χ3n) is 2.32. The van der Waals surface area contributed by atoms with Crippen LogP contribution in [0.15, 0.2) is 28.7 Å². The van der Waals surface area contributed by atoms with Gasteiger partial charge in [0.1, 0.15) is 5.75 Å². The van der Waals surface area contributed by atoms with Crippen LogP contribution in [-0.2, 0) is 14.3 Å². The van der Waals surface area contributed by atoms with Gasteiger partial charge in [0.25, 0.3) is 5.91 Å². The molecule has 5 nitrogen and oxygen atoms in total. The van der Waals surface area contributed by atoms with Crippen molar-refractivity contribution in [1.29, 1.82) is 0 Å². The maximum atomic E-state index is 12.3. The highest BCUT2D eigenvalue weighted by molar-refractivity contribution is 9.10. The molecule has 1 aromatic rings. The first-order valence-electron chi connectivity index (χ1n) is 6.21. The lowest BCUT2D eigenvalue weighted by molar-refractivity contribution is -0.143. The van der Waals surface area contributed by atoms with Gasteiger partial charge >= 0.3 is 12.6 Å². The zero-order chi connectivity index (χ0) is 17.2. The van der Waals surface area contributed by atoms with Crippen molar-refractivity contribution in [2.75, 3.05) is 13.2 Å². The van der Waals surface area contributed by atoms with Crippen molar-refractivity contribution in [2.45, 2.75) is 6.61 Å². The molecule has 0 atom stereocenters. The van der Waals surface area contributed by atoms with Gasteiger partial charge in [-0.3, -0.25) is 4.79 Å². The molecular weight excluding hydrogens is 376 g/mol. The zero-order valence-electron chi connectivity index (χ0n) is 11.7. The maximum absolute atomic E-state index is 12.3. The molecule has 1 amide bonds. The van der Waals surface area contributed by atoms with E-state index in [4.69, 9.17) is 6.42 Å². The van der Waals surface area contributed by atoms with E-state index in [0.717, 1.165) is 6.08 Å². The van der Waals surface area contributed by atoms with Crippen LogP contribution in [0.2, 0.25) is 0 Å². The Morgan fingerprint density at radius 2 is 2.17 bits per heavy atom. The van der Waals surface area contributed by atoms with Gasteiger partial charge in [-0.15, -0.1) is 6.42 Å².